The van der Waals surface area contributed by atoms with Gasteiger partial charge in [0.25, 0.3) is 0 Å². The van der Waals surface area contributed by atoms with E-state index in [9.17, 15) is 0 Å². The predicted molar refractivity (Wildman–Crippen MR) is 87.8 cm³/mol. The number of hydrogen-bond donors (Lipinski definition) is 1. The van der Waals surface area contributed by atoms with Crippen LogP contribution in [0.3, 0.4) is 0 Å². The van der Waals surface area contributed by atoms with Gasteiger partial charge in [0.05, 0.1) is 23.3 Å². The number of aromatic nitrogens is 1. The van der Waals surface area contributed by atoms with Gasteiger partial charge in [-0.3, -0.25) is 0 Å². The summed E-state index contributed by atoms with van der Waals surface area (Å²) in [6.45, 7) is 4.33. The van der Waals surface area contributed by atoms with Gasteiger partial charge in [0.15, 0.2) is 0 Å². The second kappa shape index (κ2) is 6.70. The molecule has 1 atom stereocenters. The van der Waals surface area contributed by atoms with Crippen molar-refractivity contribution in [2.24, 2.45) is 0 Å². The number of rotatable bonds is 5. The second-order valence-electron chi connectivity index (χ2n) is 4.88. The Bertz CT molecular complexity index is 583. The largest absolute Gasteiger partial charge is 0.496 e. The Morgan fingerprint density at radius 3 is 2.60 bits per heavy atom. The van der Waals surface area contributed by atoms with Crippen molar-refractivity contribution in [2.45, 2.75) is 25.8 Å². The summed E-state index contributed by atoms with van der Waals surface area (Å²) in [5.74, 6) is 1.30. The molecule has 0 aliphatic carbocycles. The average Bonchev–Trinajstić information content (AvgIpc) is 2.89. The Morgan fingerprint density at radius 2 is 2.10 bits per heavy atom. The minimum absolute atomic E-state index is 0.106. The van der Waals surface area contributed by atoms with Crippen LogP contribution in [0.2, 0.25) is 0 Å². The summed E-state index contributed by atoms with van der Waals surface area (Å²) < 4.78 is 6.23. The zero-order valence-electron chi connectivity index (χ0n) is 12.1. The molecule has 0 fully saturated rings. The van der Waals surface area contributed by atoms with E-state index in [4.69, 9.17) is 9.72 Å². The van der Waals surface area contributed by atoms with Crippen LogP contribution >= 0.6 is 27.3 Å². The fourth-order valence-corrected chi connectivity index (χ4v) is 3.67. The molecule has 3 nitrogen and oxygen atoms in total. The molecule has 2 rings (SSSR count). The second-order valence-corrected chi connectivity index (χ2v) is 6.62. The molecule has 0 saturated carbocycles. The average molecular weight is 355 g/mol. The molecule has 0 spiro atoms. The summed E-state index contributed by atoms with van der Waals surface area (Å²) >= 11 is 5.24. The summed E-state index contributed by atoms with van der Waals surface area (Å²) in [4.78, 5) is 4.74. The number of methoxy groups -OCH3 is 1. The number of ether oxygens (including phenoxy) is 1. The van der Waals surface area contributed by atoms with Gasteiger partial charge in [0.2, 0.25) is 0 Å². The van der Waals surface area contributed by atoms with Crippen LogP contribution in [-0.4, -0.2) is 19.1 Å². The lowest BCUT2D eigenvalue weighted by molar-refractivity contribution is 0.412. The molecular weight excluding hydrogens is 336 g/mol. The van der Waals surface area contributed by atoms with Crippen molar-refractivity contribution < 1.29 is 4.74 Å². The van der Waals surface area contributed by atoms with Crippen LogP contribution in [-0.2, 0) is 0 Å². The number of benzene rings is 1. The number of hydrogen-bond acceptors (Lipinski definition) is 4. The molecule has 0 amide bonds. The molecule has 1 N–H and O–H groups in total. The van der Waals surface area contributed by atoms with Gasteiger partial charge in [0, 0.05) is 5.38 Å². The molecule has 1 aromatic heterocycles. The lowest BCUT2D eigenvalue weighted by Crippen LogP contribution is -2.17. The van der Waals surface area contributed by atoms with Crippen LogP contribution < -0.4 is 10.1 Å². The van der Waals surface area contributed by atoms with Gasteiger partial charge < -0.3 is 10.1 Å². The Labute approximate surface area is 132 Å². The Balaban J connectivity index is 2.33. The SMILES string of the molecule is CNC(c1ccc(OC)c(Br)c1)c1nc(C(C)C)cs1. The zero-order valence-corrected chi connectivity index (χ0v) is 14.5. The highest BCUT2D eigenvalue weighted by molar-refractivity contribution is 9.10. The minimum Gasteiger partial charge on any atom is -0.496 e. The summed E-state index contributed by atoms with van der Waals surface area (Å²) in [7, 11) is 3.63. The smallest absolute Gasteiger partial charge is 0.133 e. The van der Waals surface area contributed by atoms with Gasteiger partial charge >= 0.3 is 0 Å². The van der Waals surface area contributed by atoms with Crippen LogP contribution in [0.15, 0.2) is 28.1 Å². The van der Waals surface area contributed by atoms with Crippen molar-refractivity contribution in [1.29, 1.82) is 0 Å². The lowest BCUT2D eigenvalue weighted by atomic mass is 10.1. The third-order valence-electron chi connectivity index (χ3n) is 3.18. The molecule has 108 valence electrons. The van der Waals surface area contributed by atoms with Gasteiger partial charge in [-0.05, 0) is 46.6 Å². The first-order valence-corrected chi connectivity index (χ1v) is 8.20. The normalized spacial score (nSPS) is 12.7. The van der Waals surface area contributed by atoms with Gasteiger partial charge in [0.1, 0.15) is 10.8 Å². The fraction of sp³-hybridized carbons (Fsp3) is 0.400. The van der Waals surface area contributed by atoms with Crippen molar-refractivity contribution in [2.75, 3.05) is 14.2 Å². The Kier molecular flexibility index (Phi) is 5.18. The highest BCUT2D eigenvalue weighted by atomic mass is 79.9. The van der Waals surface area contributed by atoms with Crippen molar-refractivity contribution in [1.82, 2.24) is 10.3 Å². The predicted octanol–water partition coefficient (Wildman–Crippen LogP) is 4.35. The Morgan fingerprint density at radius 1 is 1.35 bits per heavy atom. The first-order valence-electron chi connectivity index (χ1n) is 6.52. The molecular formula is C15H19BrN2OS. The van der Waals surface area contributed by atoms with E-state index in [2.05, 4.69) is 52.6 Å². The van der Waals surface area contributed by atoms with Gasteiger partial charge in [-0.25, -0.2) is 4.98 Å². The zero-order chi connectivity index (χ0) is 14.7. The van der Waals surface area contributed by atoms with Crippen LogP contribution in [0.5, 0.6) is 5.75 Å². The summed E-state index contributed by atoms with van der Waals surface area (Å²) in [5, 5.41) is 6.57. The third kappa shape index (κ3) is 3.22. The van der Waals surface area contributed by atoms with E-state index >= 15 is 0 Å². The molecule has 5 heteroatoms. The first-order chi connectivity index (χ1) is 9.56. The molecule has 0 aliphatic heterocycles. The van der Waals surface area contributed by atoms with E-state index in [0.29, 0.717) is 5.92 Å². The van der Waals surface area contributed by atoms with Crippen LogP contribution in [0.4, 0.5) is 0 Å². The standard InChI is InChI=1S/C15H19BrN2OS/c1-9(2)12-8-20-15(18-12)14(17-3)10-5-6-13(19-4)11(16)7-10/h5-9,14,17H,1-4H3. The topological polar surface area (TPSA) is 34.1 Å². The highest BCUT2D eigenvalue weighted by Gasteiger charge is 2.18. The van der Waals surface area contributed by atoms with E-state index in [1.54, 1.807) is 18.4 Å². The Hall–Kier alpha value is -0.910. The van der Waals surface area contributed by atoms with Crippen molar-refractivity contribution >= 4 is 27.3 Å². The minimum atomic E-state index is 0.106. The molecule has 0 aliphatic rings. The summed E-state index contributed by atoms with van der Waals surface area (Å²) in [6.07, 6.45) is 0. The number of thiazole rings is 1. The number of nitrogens with zero attached hydrogens (tertiary/aromatic N) is 1. The maximum absolute atomic E-state index is 5.27. The van der Waals surface area contributed by atoms with Gasteiger partial charge in [-0.1, -0.05) is 19.9 Å². The molecule has 2 aromatic rings. The summed E-state index contributed by atoms with van der Waals surface area (Å²) in [6, 6.07) is 6.23. The molecule has 1 aromatic carbocycles. The highest BCUT2D eigenvalue weighted by Crippen LogP contribution is 2.32. The van der Waals surface area contributed by atoms with E-state index in [0.717, 1.165) is 20.9 Å². The lowest BCUT2D eigenvalue weighted by Gasteiger charge is -2.15. The molecule has 0 bridgehead atoms. The maximum Gasteiger partial charge on any atom is 0.133 e. The van der Waals surface area contributed by atoms with Crippen molar-refractivity contribution in [3.63, 3.8) is 0 Å². The molecule has 1 unspecified atom stereocenters. The van der Waals surface area contributed by atoms with Gasteiger partial charge in [-0.15, -0.1) is 11.3 Å². The third-order valence-corrected chi connectivity index (χ3v) is 4.72. The summed E-state index contributed by atoms with van der Waals surface area (Å²) in [5.41, 5.74) is 2.32. The molecule has 1 heterocycles. The van der Waals surface area contributed by atoms with Gasteiger partial charge in [-0.2, -0.15) is 0 Å². The van der Waals surface area contributed by atoms with Crippen LogP contribution in [0.25, 0.3) is 0 Å². The van der Waals surface area contributed by atoms with E-state index < -0.39 is 0 Å². The van der Waals surface area contributed by atoms with Crippen molar-refractivity contribution in [3.8, 4) is 5.75 Å². The monoisotopic (exact) mass is 354 g/mol. The quantitative estimate of drug-likeness (QED) is 0.866. The van der Waals surface area contributed by atoms with Crippen molar-refractivity contribution in [3.05, 3.63) is 44.3 Å². The van der Waals surface area contributed by atoms with Crippen LogP contribution in [0, 0.1) is 0 Å². The van der Waals surface area contributed by atoms with E-state index in [1.807, 2.05) is 13.1 Å². The number of nitrogens with one attached hydrogen (secondary N) is 1. The first kappa shape index (κ1) is 15.5. The van der Waals surface area contributed by atoms with E-state index in [1.165, 1.54) is 5.56 Å². The van der Waals surface area contributed by atoms with Crippen LogP contribution in [0.1, 0.15) is 42.1 Å². The molecule has 20 heavy (non-hydrogen) atoms. The number of halogens is 1. The maximum atomic E-state index is 5.27. The molecule has 0 saturated heterocycles. The molecule has 0 radical (unpaired) electrons. The van der Waals surface area contributed by atoms with E-state index in [-0.39, 0.29) is 6.04 Å². The fourth-order valence-electron chi connectivity index (χ4n) is 1.99.